The molecule has 4 rings (SSSR count). The topological polar surface area (TPSA) is 63.4 Å². The normalized spacial score (nSPS) is 24.1. The van der Waals surface area contributed by atoms with Crippen LogP contribution in [0.2, 0.25) is 0 Å². The molecule has 2 saturated heterocycles. The number of hydrogen-bond acceptors (Lipinski definition) is 3. The number of nitrogens with zero attached hydrogens (tertiary/aromatic N) is 2. The van der Waals surface area contributed by atoms with Crippen LogP contribution < -0.4 is 5.73 Å². The van der Waals surface area contributed by atoms with Crippen LogP contribution in [-0.4, -0.2) is 54.0 Å². The number of likely N-dealkylation sites (tertiary alicyclic amines) is 2. The summed E-state index contributed by atoms with van der Waals surface area (Å²) >= 11 is 0. The van der Waals surface area contributed by atoms with Crippen LogP contribution >= 0.6 is 0 Å². The van der Waals surface area contributed by atoms with Crippen molar-refractivity contribution in [3.63, 3.8) is 0 Å². The number of primary amides is 1. The highest BCUT2D eigenvalue weighted by Gasteiger charge is 2.47. The van der Waals surface area contributed by atoms with Crippen molar-refractivity contribution in [2.24, 2.45) is 17.6 Å². The summed E-state index contributed by atoms with van der Waals surface area (Å²) in [6.45, 7) is 4.21. The molecule has 34 heavy (non-hydrogen) atoms. The summed E-state index contributed by atoms with van der Waals surface area (Å²) < 4.78 is 12.8. The van der Waals surface area contributed by atoms with E-state index in [4.69, 9.17) is 5.73 Å². The molecule has 6 heteroatoms. The number of amides is 3. The van der Waals surface area contributed by atoms with E-state index in [1.165, 1.54) is 18.4 Å². The SMILES string of the molecule is NC(=O)[N+]1(C(=O)c2ccccc2)CCCC(CCN2CCC(CCc3ccc(F)cc3)CC2)C1. The van der Waals surface area contributed by atoms with E-state index in [9.17, 15) is 14.0 Å². The van der Waals surface area contributed by atoms with Crippen molar-refractivity contribution in [1.29, 1.82) is 0 Å². The summed E-state index contributed by atoms with van der Waals surface area (Å²) in [7, 11) is 0. The third kappa shape index (κ3) is 5.91. The molecule has 2 aliphatic heterocycles. The third-order valence-corrected chi connectivity index (χ3v) is 7.87. The first-order chi connectivity index (χ1) is 16.5. The number of piperidine rings is 2. The molecule has 2 aromatic carbocycles. The van der Waals surface area contributed by atoms with Crippen LogP contribution in [0, 0.1) is 17.7 Å². The molecule has 0 spiro atoms. The van der Waals surface area contributed by atoms with E-state index < -0.39 is 6.03 Å². The molecule has 2 aliphatic rings. The third-order valence-electron chi connectivity index (χ3n) is 7.87. The van der Waals surface area contributed by atoms with E-state index in [-0.39, 0.29) is 16.2 Å². The highest BCUT2D eigenvalue weighted by Crippen LogP contribution is 2.30. The van der Waals surface area contributed by atoms with E-state index in [2.05, 4.69) is 4.90 Å². The highest BCUT2D eigenvalue weighted by atomic mass is 19.1. The summed E-state index contributed by atoms with van der Waals surface area (Å²) in [4.78, 5) is 28.3. The summed E-state index contributed by atoms with van der Waals surface area (Å²) in [5.74, 6) is 0.704. The second-order valence-corrected chi connectivity index (χ2v) is 10.1. The van der Waals surface area contributed by atoms with Crippen LogP contribution in [0.5, 0.6) is 0 Å². The van der Waals surface area contributed by atoms with Gasteiger partial charge in [-0.05, 0) is 100 Å². The molecule has 2 aromatic rings. The summed E-state index contributed by atoms with van der Waals surface area (Å²) in [6.07, 6.45) is 7.44. The lowest BCUT2D eigenvalue weighted by Crippen LogP contribution is -2.63. The molecule has 5 nitrogen and oxygen atoms in total. The highest BCUT2D eigenvalue weighted by molar-refractivity contribution is 5.95. The fourth-order valence-electron chi connectivity index (χ4n) is 5.71. The number of hydrogen-bond donors (Lipinski definition) is 1. The van der Waals surface area contributed by atoms with Crippen molar-refractivity contribution in [2.75, 3.05) is 32.7 Å². The van der Waals surface area contributed by atoms with Crippen molar-refractivity contribution in [2.45, 2.75) is 44.9 Å². The Hall–Kier alpha value is -2.57. The van der Waals surface area contributed by atoms with Gasteiger partial charge >= 0.3 is 11.9 Å². The van der Waals surface area contributed by atoms with Gasteiger partial charge in [-0.15, -0.1) is 0 Å². The Morgan fingerprint density at radius 2 is 1.65 bits per heavy atom. The van der Waals surface area contributed by atoms with Crippen molar-refractivity contribution in [3.8, 4) is 0 Å². The molecule has 3 amide bonds. The molecule has 2 heterocycles. The minimum atomic E-state index is -0.527. The first-order valence-electron chi connectivity index (χ1n) is 12.7. The smallest absolute Gasteiger partial charge is 0.318 e. The Bertz CT molecular complexity index is 957. The number of nitrogens with two attached hydrogens (primary N) is 1. The molecule has 2 fully saturated rings. The number of carbonyl (C=O) groups is 2. The van der Waals surface area contributed by atoms with Gasteiger partial charge in [0.1, 0.15) is 5.82 Å². The van der Waals surface area contributed by atoms with Gasteiger partial charge in [0, 0.05) is 5.92 Å². The Morgan fingerprint density at radius 3 is 2.32 bits per heavy atom. The standard InChI is InChI=1S/C28H36FN3O2/c29-26-12-10-22(11-13-26)8-9-23-14-17-31(18-15-23)19-16-24-5-4-20-32(21-24,28(30)34)27(33)25-6-2-1-3-7-25/h1-3,6-7,10-13,23-24H,4-5,8-9,14-21H2,(H-,30,34)/p+1. The first kappa shape index (κ1) is 24.6. The van der Waals surface area contributed by atoms with Crippen molar-refractivity contribution in [1.82, 2.24) is 4.90 Å². The van der Waals surface area contributed by atoms with E-state index >= 15 is 0 Å². The molecule has 2 atom stereocenters. The maximum absolute atomic E-state index is 13.3. The van der Waals surface area contributed by atoms with Crippen molar-refractivity contribution in [3.05, 3.63) is 71.5 Å². The average molecular weight is 467 g/mol. The second kappa shape index (κ2) is 11.2. The maximum Gasteiger partial charge on any atom is 0.421 e. The fourth-order valence-corrected chi connectivity index (χ4v) is 5.71. The zero-order valence-electron chi connectivity index (χ0n) is 20.0. The minimum Gasteiger partial charge on any atom is -0.318 e. The number of aryl methyl sites for hydroxylation is 1. The minimum absolute atomic E-state index is 0.167. The first-order valence-corrected chi connectivity index (χ1v) is 12.7. The largest absolute Gasteiger partial charge is 0.421 e. The number of urea groups is 1. The van der Waals surface area contributed by atoms with E-state index in [1.807, 2.05) is 30.3 Å². The Morgan fingerprint density at radius 1 is 0.941 bits per heavy atom. The van der Waals surface area contributed by atoms with Crippen LogP contribution in [0.15, 0.2) is 54.6 Å². The fraction of sp³-hybridized carbons (Fsp3) is 0.500. The molecule has 182 valence electrons. The summed E-state index contributed by atoms with van der Waals surface area (Å²) in [5.41, 5.74) is 7.59. The zero-order valence-corrected chi connectivity index (χ0v) is 20.0. The average Bonchev–Trinajstić information content (AvgIpc) is 2.88. The molecule has 2 unspecified atom stereocenters. The number of halogens is 1. The Balaban J connectivity index is 1.25. The molecular formula is C28H37FN3O2+. The molecule has 0 bridgehead atoms. The van der Waals surface area contributed by atoms with Gasteiger partial charge in [0.05, 0.1) is 18.7 Å². The van der Waals surface area contributed by atoms with Crippen LogP contribution in [-0.2, 0) is 6.42 Å². The van der Waals surface area contributed by atoms with Gasteiger partial charge in [0.15, 0.2) is 0 Å². The monoisotopic (exact) mass is 466 g/mol. The van der Waals surface area contributed by atoms with Gasteiger partial charge in [-0.1, -0.05) is 30.3 Å². The molecule has 2 N–H and O–H groups in total. The zero-order chi connectivity index (χ0) is 24.0. The number of imide groups is 1. The number of benzene rings is 2. The van der Waals surface area contributed by atoms with Crippen LogP contribution in [0.1, 0.15) is 54.4 Å². The summed E-state index contributed by atoms with van der Waals surface area (Å²) in [5, 5.41) is 0. The molecule has 0 aromatic heterocycles. The molecule has 0 radical (unpaired) electrons. The summed E-state index contributed by atoms with van der Waals surface area (Å²) in [6, 6.07) is 15.4. The van der Waals surface area contributed by atoms with Crippen LogP contribution in [0.3, 0.4) is 0 Å². The van der Waals surface area contributed by atoms with Gasteiger partial charge in [0.2, 0.25) is 0 Å². The predicted molar refractivity (Wildman–Crippen MR) is 132 cm³/mol. The lowest BCUT2D eigenvalue weighted by molar-refractivity contribution is -0.777. The van der Waals surface area contributed by atoms with E-state index in [0.717, 1.165) is 57.7 Å². The van der Waals surface area contributed by atoms with E-state index in [0.29, 0.717) is 24.6 Å². The predicted octanol–water partition coefficient (Wildman–Crippen LogP) is 5.01. The van der Waals surface area contributed by atoms with Gasteiger partial charge in [-0.3, -0.25) is 0 Å². The van der Waals surface area contributed by atoms with Gasteiger partial charge < -0.3 is 10.6 Å². The van der Waals surface area contributed by atoms with Gasteiger partial charge in [-0.2, -0.15) is 4.48 Å². The number of quaternary nitrogens is 1. The van der Waals surface area contributed by atoms with Gasteiger partial charge in [-0.25, -0.2) is 14.0 Å². The number of rotatable bonds is 7. The lowest BCUT2D eigenvalue weighted by atomic mass is 9.89. The van der Waals surface area contributed by atoms with Crippen molar-refractivity contribution >= 4 is 11.9 Å². The van der Waals surface area contributed by atoms with Gasteiger partial charge in [0.25, 0.3) is 0 Å². The van der Waals surface area contributed by atoms with Crippen LogP contribution in [0.4, 0.5) is 9.18 Å². The Labute approximate surface area is 202 Å². The maximum atomic E-state index is 13.3. The lowest BCUT2D eigenvalue weighted by Gasteiger charge is -2.39. The Kier molecular flexibility index (Phi) is 8.11. The van der Waals surface area contributed by atoms with Crippen molar-refractivity contribution < 1.29 is 18.5 Å². The molecule has 0 saturated carbocycles. The second-order valence-electron chi connectivity index (χ2n) is 10.1. The molecule has 0 aliphatic carbocycles. The quantitative estimate of drug-likeness (QED) is 0.584. The molecular weight excluding hydrogens is 429 g/mol. The van der Waals surface area contributed by atoms with Crippen LogP contribution in [0.25, 0.3) is 0 Å². The number of carbonyl (C=O) groups excluding carboxylic acids is 2. The van der Waals surface area contributed by atoms with E-state index in [1.54, 1.807) is 24.3 Å².